The van der Waals surface area contributed by atoms with E-state index in [4.69, 9.17) is 0 Å². The van der Waals surface area contributed by atoms with Gasteiger partial charge < -0.3 is 0 Å². The average Bonchev–Trinajstić information content (AvgIpc) is 2.10. The minimum atomic E-state index is -4.24. The van der Waals surface area contributed by atoms with Crippen LogP contribution in [0.5, 0.6) is 0 Å². The maximum atomic E-state index is 11.6. The van der Waals surface area contributed by atoms with E-state index in [1.54, 1.807) is 0 Å². The Bertz CT molecular complexity index is 243. The Hall–Kier alpha value is -0.590. The van der Waals surface area contributed by atoms with Gasteiger partial charge in [0.25, 0.3) is 0 Å². The van der Waals surface area contributed by atoms with Crippen LogP contribution in [0.1, 0.15) is 0 Å². The first-order chi connectivity index (χ1) is 4.97. The molecule has 0 aromatic carbocycles. The highest BCUT2D eigenvalue weighted by Gasteiger charge is 2.28. The van der Waals surface area contributed by atoms with Crippen molar-refractivity contribution in [2.45, 2.75) is 12.7 Å². The van der Waals surface area contributed by atoms with Gasteiger partial charge in [-0.1, -0.05) is 5.21 Å². The van der Waals surface area contributed by atoms with Gasteiger partial charge in [-0.3, -0.25) is 0 Å². The molecule has 0 fully saturated rings. The first-order valence-corrected chi connectivity index (χ1v) is 3.39. The molecule has 0 saturated carbocycles. The van der Waals surface area contributed by atoms with Gasteiger partial charge in [0.05, 0.1) is 6.20 Å². The third-order valence-electron chi connectivity index (χ3n) is 0.852. The van der Waals surface area contributed by atoms with Crippen molar-refractivity contribution in [2.24, 2.45) is 0 Å². The van der Waals surface area contributed by atoms with Crippen LogP contribution in [-0.4, -0.2) is 21.2 Å². The molecule has 0 atom stereocenters. The predicted octanol–water partition coefficient (Wildman–Crippen LogP) is 1.60. The second kappa shape index (κ2) is 2.80. The zero-order chi connectivity index (χ0) is 8.48. The van der Waals surface area contributed by atoms with E-state index >= 15 is 0 Å². The van der Waals surface area contributed by atoms with Gasteiger partial charge in [0.1, 0.15) is 11.1 Å². The largest absolute Gasteiger partial charge is 0.408 e. The summed E-state index contributed by atoms with van der Waals surface area (Å²) >= 11 is 2.88. The Morgan fingerprint density at radius 2 is 2.18 bits per heavy atom. The lowest BCUT2D eigenvalue weighted by Crippen LogP contribution is -2.17. The van der Waals surface area contributed by atoms with Crippen LogP contribution in [0.4, 0.5) is 13.2 Å². The predicted molar refractivity (Wildman–Crippen MR) is 33.8 cm³/mol. The van der Waals surface area contributed by atoms with Gasteiger partial charge in [0.15, 0.2) is 0 Å². The van der Waals surface area contributed by atoms with Crippen LogP contribution in [-0.2, 0) is 6.54 Å². The molecule has 0 aliphatic heterocycles. The second-order valence-corrected chi connectivity index (χ2v) is 2.67. The number of rotatable bonds is 1. The summed E-state index contributed by atoms with van der Waals surface area (Å²) < 4.78 is 35.9. The fraction of sp³-hybridized carbons (Fsp3) is 0.500. The molecule has 7 heteroatoms. The summed E-state index contributed by atoms with van der Waals surface area (Å²) in [4.78, 5) is 0. The topological polar surface area (TPSA) is 30.7 Å². The molecule has 0 aliphatic carbocycles. The lowest BCUT2D eigenvalue weighted by atomic mass is 10.6. The second-order valence-electron chi connectivity index (χ2n) is 1.85. The van der Waals surface area contributed by atoms with E-state index in [0.29, 0.717) is 9.28 Å². The smallest absolute Gasteiger partial charge is 0.242 e. The summed E-state index contributed by atoms with van der Waals surface area (Å²) in [6.45, 7) is -1.11. The van der Waals surface area contributed by atoms with Crippen molar-refractivity contribution in [2.75, 3.05) is 0 Å². The van der Waals surface area contributed by atoms with Crippen molar-refractivity contribution in [1.29, 1.82) is 0 Å². The maximum absolute atomic E-state index is 11.6. The summed E-state index contributed by atoms with van der Waals surface area (Å²) in [6, 6.07) is 0. The molecule has 0 aliphatic rings. The van der Waals surface area contributed by atoms with Gasteiger partial charge in [-0.25, -0.2) is 4.68 Å². The fourth-order valence-electron chi connectivity index (χ4n) is 0.536. The Balaban J connectivity index is 2.65. The molecule has 62 valence electrons. The van der Waals surface area contributed by atoms with E-state index in [1.165, 1.54) is 0 Å². The van der Waals surface area contributed by atoms with E-state index in [2.05, 4.69) is 26.2 Å². The number of hydrogen-bond donors (Lipinski definition) is 0. The van der Waals surface area contributed by atoms with E-state index in [9.17, 15) is 13.2 Å². The number of nitrogens with zero attached hydrogens (tertiary/aromatic N) is 3. The molecule has 1 heterocycles. The first kappa shape index (κ1) is 8.51. The minimum absolute atomic E-state index is 0.293. The quantitative estimate of drug-likeness (QED) is 0.733. The summed E-state index contributed by atoms with van der Waals surface area (Å²) in [7, 11) is 0. The SMILES string of the molecule is FC(F)(F)Cn1cc(Br)nn1. The van der Waals surface area contributed by atoms with Crippen LogP contribution in [0, 0.1) is 0 Å². The molecule has 1 aromatic rings. The highest BCUT2D eigenvalue weighted by atomic mass is 79.9. The van der Waals surface area contributed by atoms with E-state index in [0.717, 1.165) is 6.20 Å². The van der Waals surface area contributed by atoms with Gasteiger partial charge in [-0.2, -0.15) is 13.2 Å². The van der Waals surface area contributed by atoms with Crippen molar-refractivity contribution in [3.8, 4) is 0 Å². The van der Waals surface area contributed by atoms with Gasteiger partial charge in [0, 0.05) is 0 Å². The molecule has 3 nitrogen and oxygen atoms in total. The zero-order valence-electron chi connectivity index (χ0n) is 5.14. The lowest BCUT2D eigenvalue weighted by molar-refractivity contribution is -0.142. The van der Waals surface area contributed by atoms with Gasteiger partial charge >= 0.3 is 6.18 Å². The average molecular weight is 230 g/mol. The summed E-state index contributed by atoms with van der Waals surface area (Å²) in [5.74, 6) is 0. The van der Waals surface area contributed by atoms with Gasteiger partial charge in [-0.15, -0.1) is 5.10 Å². The highest BCUT2D eigenvalue weighted by molar-refractivity contribution is 9.10. The van der Waals surface area contributed by atoms with E-state index < -0.39 is 12.7 Å². The van der Waals surface area contributed by atoms with Crippen molar-refractivity contribution in [3.63, 3.8) is 0 Å². The summed E-state index contributed by atoms with van der Waals surface area (Å²) in [5, 5.41) is 6.53. The number of alkyl halides is 3. The molecule has 11 heavy (non-hydrogen) atoms. The van der Waals surface area contributed by atoms with Crippen LogP contribution in [0.2, 0.25) is 0 Å². The van der Waals surface area contributed by atoms with Crippen LogP contribution >= 0.6 is 15.9 Å². The fourth-order valence-corrected chi connectivity index (χ4v) is 0.843. The van der Waals surface area contributed by atoms with Gasteiger partial charge in [-0.05, 0) is 15.9 Å². The lowest BCUT2D eigenvalue weighted by Gasteiger charge is -2.03. The van der Waals surface area contributed by atoms with Crippen LogP contribution in [0.15, 0.2) is 10.8 Å². The number of hydrogen-bond acceptors (Lipinski definition) is 2. The molecule has 0 N–H and O–H groups in total. The normalized spacial score (nSPS) is 12.0. The molecule has 0 spiro atoms. The van der Waals surface area contributed by atoms with Crippen LogP contribution in [0.25, 0.3) is 0 Å². The monoisotopic (exact) mass is 229 g/mol. The first-order valence-electron chi connectivity index (χ1n) is 2.60. The van der Waals surface area contributed by atoms with E-state index in [1.807, 2.05) is 0 Å². The molecule has 0 bridgehead atoms. The van der Waals surface area contributed by atoms with Gasteiger partial charge in [0.2, 0.25) is 0 Å². The molecule has 0 radical (unpaired) electrons. The Labute approximate surface area is 68.3 Å². The van der Waals surface area contributed by atoms with Crippen molar-refractivity contribution >= 4 is 15.9 Å². The van der Waals surface area contributed by atoms with Crippen molar-refractivity contribution in [1.82, 2.24) is 15.0 Å². The molecule has 1 aromatic heterocycles. The maximum Gasteiger partial charge on any atom is 0.408 e. The summed E-state index contributed by atoms with van der Waals surface area (Å²) in [6.07, 6.45) is -3.08. The summed E-state index contributed by atoms with van der Waals surface area (Å²) in [5.41, 5.74) is 0. The molecule has 0 amide bonds. The molecule has 0 unspecified atom stereocenters. The molecule has 1 rings (SSSR count). The Morgan fingerprint density at radius 1 is 1.55 bits per heavy atom. The molecular weight excluding hydrogens is 227 g/mol. The third-order valence-corrected chi connectivity index (χ3v) is 1.22. The molecular formula is C4H3BrF3N3. The number of aromatic nitrogens is 3. The third kappa shape index (κ3) is 2.87. The Kier molecular flexibility index (Phi) is 2.17. The zero-order valence-corrected chi connectivity index (χ0v) is 6.72. The van der Waals surface area contributed by atoms with Crippen LogP contribution in [0.3, 0.4) is 0 Å². The van der Waals surface area contributed by atoms with Crippen molar-refractivity contribution < 1.29 is 13.2 Å². The highest BCUT2D eigenvalue weighted by Crippen LogP contribution is 2.17. The molecule has 0 saturated heterocycles. The van der Waals surface area contributed by atoms with Crippen molar-refractivity contribution in [3.05, 3.63) is 10.8 Å². The van der Waals surface area contributed by atoms with E-state index in [-0.39, 0.29) is 0 Å². The standard InChI is InChI=1S/C4H3BrF3N3/c5-3-1-11(10-9-3)2-4(6,7)8/h1H,2H2. The van der Waals surface area contributed by atoms with Crippen LogP contribution < -0.4 is 0 Å². The Morgan fingerprint density at radius 3 is 2.55 bits per heavy atom. The number of halogens is 4. The minimum Gasteiger partial charge on any atom is -0.242 e.